The Labute approximate surface area is 108 Å². The second-order valence-electron chi connectivity index (χ2n) is 3.19. The highest BCUT2D eigenvalue weighted by Gasteiger charge is 2.04. The van der Waals surface area contributed by atoms with Crippen LogP contribution in [0.3, 0.4) is 0 Å². The highest BCUT2D eigenvalue weighted by Crippen LogP contribution is 2.24. The summed E-state index contributed by atoms with van der Waals surface area (Å²) < 4.78 is 1.64. The third kappa shape index (κ3) is 2.48. The molecule has 0 aliphatic rings. The summed E-state index contributed by atoms with van der Waals surface area (Å²) in [6.45, 7) is 0. The number of hydrogen-bond acceptors (Lipinski definition) is 2. The molecule has 0 unspecified atom stereocenters. The van der Waals surface area contributed by atoms with Gasteiger partial charge in [0.2, 0.25) is 0 Å². The Kier molecular flexibility index (Phi) is 3.69. The number of alkyl halides is 1. The summed E-state index contributed by atoms with van der Waals surface area (Å²) >= 11 is 17.4. The van der Waals surface area contributed by atoms with E-state index in [0.29, 0.717) is 22.3 Å². The van der Waals surface area contributed by atoms with Gasteiger partial charge in [0.1, 0.15) is 0 Å². The standard InChI is InChI=1S/C10H8Cl3N3/c11-4-3-7-6-16(15-14-7)8-1-2-9(12)10(13)5-8/h1-2,5-6H,3-4H2. The Morgan fingerprint density at radius 2 is 2.00 bits per heavy atom. The monoisotopic (exact) mass is 275 g/mol. The van der Waals surface area contributed by atoms with Gasteiger partial charge < -0.3 is 0 Å². The molecule has 1 aromatic carbocycles. The number of halogens is 3. The molecule has 0 spiro atoms. The van der Waals surface area contributed by atoms with E-state index >= 15 is 0 Å². The van der Waals surface area contributed by atoms with Crippen molar-refractivity contribution in [2.75, 3.05) is 5.88 Å². The van der Waals surface area contributed by atoms with Gasteiger partial charge in [0.25, 0.3) is 0 Å². The lowest BCUT2D eigenvalue weighted by Crippen LogP contribution is -1.94. The van der Waals surface area contributed by atoms with Crippen LogP contribution in [-0.4, -0.2) is 20.9 Å². The first-order valence-electron chi connectivity index (χ1n) is 4.63. The molecular formula is C10H8Cl3N3. The van der Waals surface area contributed by atoms with Gasteiger partial charge in [-0.3, -0.25) is 0 Å². The first-order chi connectivity index (χ1) is 7.70. The van der Waals surface area contributed by atoms with Crippen molar-refractivity contribution in [1.82, 2.24) is 15.0 Å². The van der Waals surface area contributed by atoms with Crippen molar-refractivity contribution in [3.05, 3.63) is 40.1 Å². The highest BCUT2D eigenvalue weighted by atomic mass is 35.5. The summed E-state index contributed by atoms with van der Waals surface area (Å²) in [5, 5.41) is 8.98. The van der Waals surface area contributed by atoms with Crippen LogP contribution in [0.5, 0.6) is 0 Å². The summed E-state index contributed by atoms with van der Waals surface area (Å²) in [5.74, 6) is 0.528. The van der Waals surface area contributed by atoms with Crippen LogP contribution in [0, 0.1) is 0 Å². The Bertz CT molecular complexity index is 496. The molecule has 0 fully saturated rings. The zero-order valence-electron chi connectivity index (χ0n) is 8.20. The molecule has 3 nitrogen and oxygen atoms in total. The second kappa shape index (κ2) is 5.04. The van der Waals surface area contributed by atoms with Gasteiger partial charge in [0.05, 0.1) is 27.6 Å². The maximum absolute atomic E-state index is 5.92. The molecule has 1 heterocycles. The zero-order chi connectivity index (χ0) is 11.5. The summed E-state index contributed by atoms with van der Waals surface area (Å²) in [7, 11) is 0. The number of nitrogens with zero attached hydrogens (tertiary/aromatic N) is 3. The van der Waals surface area contributed by atoms with Gasteiger partial charge in [-0.05, 0) is 18.2 Å². The van der Waals surface area contributed by atoms with Crippen LogP contribution >= 0.6 is 34.8 Å². The lowest BCUT2D eigenvalue weighted by molar-refractivity contribution is 0.798. The van der Waals surface area contributed by atoms with E-state index in [1.54, 1.807) is 16.8 Å². The molecule has 0 saturated heterocycles. The minimum Gasteiger partial charge on any atom is -0.220 e. The van der Waals surface area contributed by atoms with Gasteiger partial charge in [-0.15, -0.1) is 16.7 Å². The van der Waals surface area contributed by atoms with Crippen LogP contribution in [0.4, 0.5) is 0 Å². The van der Waals surface area contributed by atoms with Crippen LogP contribution in [0.25, 0.3) is 5.69 Å². The van der Waals surface area contributed by atoms with Crippen LogP contribution in [-0.2, 0) is 6.42 Å². The third-order valence-electron chi connectivity index (χ3n) is 2.06. The first-order valence-corrected chi connectivity index (χ1v) is 5.92. The molecule has 0 radical (unpaired) electrons. The fraction of sp³-hybridized carbons (Fsp3) is 0.200. The molecule has 2 aromatic rings. The van der Waals surface area contributed by atoms with E-state index in [2.05, 4.69) is 10.3 Å². The second-order valence-corrected chi connectivity index (χ2v) is 4.38. The minimum atomic E-state index is 0.494. The molecule has 0 saturated carbocycles. The highest BCUT2D eigenvalue weighted by molar-refractivity contribution is 6.42. The molecule has 16 heavy (non-hydrogen) atoms. The van der Waals surface area contributed by atoms with Gasteiger partial charge in [-0.2, -0.15) is 0 Å². The van der Waals surface area contributed by atoms with E-state index < -0.39 is 0 Å². The van der Waals surface area contributed by atoms with Crippen molar-refractivity contribution in [1.29, 1.82) is 0 Å². The Morgan fingerprint density at radius 1 is 1.19 bits per heavy atom. The lowest BCUT2D eigenvalue weighted by atomic mass is 10.3. The SMILES string of the molecule is ClCCc1cn(-c2ccc(Cl)c(Cl)c2)nn1. The van der Waals surface area contributed by atoms with Gasteiger partial charge in [-0.25, -0.2) is 4.68 Å². The quantitative estimate of drug-likeness (QED) is 0.805. The Balaban J connectivity index is 2.31. The minimum absolute atomic E-state index is 0.494. The normalized spacial score (nSPS) is 10.7. The first kappa shape index (κ1) is 11.7. The average Bonchev–Trinajstić information content (AvgIpc) is 2.71. The topological polar surface area (TPSA) is 30.7 Å². The number of hydrogen-bond donors (Lipinski definition) is 0. The van der Waals surface area contributed by atoms with Crippen LogP contribution in [0.15, 0.2) is 24.4 Å². The van der Waals surface area contributed by atoms with Crippen LogP contribution < -0.4 is 0 Å². The maximum atomic E-state index is 5.92. The van der Waals surface area contributed by atoms with Crippen molar-refractivity contribution < 1.29 is 0 Å². The predicted molar refractivity (Wildman–Crippen MR) is 65.8 cm³/mol. The van der Waals surface area contributed by atoms with Crippen LogP contribution in [0.1, 0.15) is 5.69 Å². The number of aryl methyl sites for hydroxylation is 1. The fourth-order valence-corrected chi connectivity index (χ4v) is 1.75. The molecular weight excluding hydrogens is 268 g/mol. The molecule has 0 atom stereocenters. The third-order valence-corrected chi connectivity index (χ3v) is 2.99. The van der Waals surface area contributed by atoms with Crippen molar-refractivity contribution in [2.24, 2.45) is 0 Å². The van der Waals surface area contributed by atoms with Crippen molar-refractivity contribution >= 4 is 34.8 Å². The fourth-order valence-electron chi connectivity index (χ4n) is 1.26. The van der Waals surface area contributed by atoms with E-state index in [4.69, 9.17) is 34.8 Å². The summed E-state index contributed by atoms with van der Waals surface area (Å²) in [6.07, 6.45) is 2.52. The largest absolute Gasteiger partial charge is 0.220 e. The number of benzene rings is 1. The Morgan fingerprint density at radius 3 is 2.69 bits per heavy atom. The van der Waals surface area contributed by atoms with E-state index in [0.717, 1.165) is 11.4 Å². The van der Waals surface area contributed by atoms with E-state index in [9.17, 15) is 0 Å². The summed E-state index contributed by atoms with van der Waals surface area (Å²) in [4.78, 5) is 0. The molecule has 0 aliphatic heterocycles. The van der Waals surface area contributed by atoms with Gasteiger partial charge in [-0.1, -0.05) is 28.4 Å². The summed E-state index contributed by atoms with van der Waals surface area (Å²) in [6, 6.07) is 5.29. The van der Waals surface area contributed by atoms with Gasteiger partial charge in [0, 0.05) is 12.3 Å². The molecule has 0 N–H and O–H groups in total. The smallest absolute Gasteiger partial charge is 0.0843 e. The number of aromatic nitrogens is 3. The number of rotatable bonds is 3. The molecule has 1 aromatic heterocycles. The van der Waals surface area contributed by atoms with Crippen molar-refractivity contribution in [3.8, 4) is 5.69 Å². The van der Waals surface area contributed by atoms with E-state index in [1.807, 2.05) is 12.3 Å². The van der Waals surface area contributed by atoms with E-state index in [1.165, 1.54) is 0 Å². The molecule has 2 rings (SSSR count). The van der Waals surface area contributed by atoms with Crippen LogP contribution in [0.2, 0.25) is 10.0 Å². The van der Waals surface area contributed by atoms with Gasteiger partial charge in [0.15, 0.2) is 0 Å². The van der Waals surface area contributed by atoms with Crippen molar-refractivity contribution in [2.45, 2.75) is 6.42 Å². The predicted octanol–water partition coefficient (Wildman–Crippen LogP) is 3.36. The lowest BCUT2D eigenvalue weighted by Gasteiger charge is -2.01. The van der Waals surface area contributed by atoms with Crippen molar-refractivity contribution in [3.63, 3.8) is 0 Å². The molecule has 0 amide bonds. The average molecular weight is 277 g/mol. The zero-order valence-corrected chi connectivity index (χ0v) is 10.5. The molecule has 0 aliphatic carbocycles. The van der Waals surface area contributed by atoms with E-state index in [-0.39, 0.29) is 0 Å². The molecule has 6 heteroatoms. The molecule has 84 valence electrons. The summed E-state index contributed by atoms with van der Waals surface area (Å²) in [5.41, 5.74) is 1.67. The Hall–Kier alpha value is -0.770. The molecule has 0 bridgehead atoms. The maximum Gasteiger partial charge on any atom is 0.0843 e. The van der Waals surface area contributed by atoms with Gasteiger partial charge >= 0.3 is 0 Å².